The Bertz CT molecular complexity index is 335. The molecule has 4 heteroatoms. The van der Waals surface area contributed by atoms with Crippen molar-refractivity contribution in [3.63, 3.8) is 0 Å². The molecule has 1 aromatic rings. The summed E-state index contributed by atoms with van der Waals surface area (Å²) in [5.74, 6) is 0.715. The molecule has 1 aliphatic rings. The molecule has 0 aliphatic heterocycles. The van der Waals surface area contributed by atoms with Crippen LogP contribution in [0.5, 0.6) is 5.75 Å². The minimum atomic E-state index is -0.479. The first-order valence-electron chi connectivity index (χ1n) is 6.02. The molecular weight excluding hydrogens is 218 g/mol. The standard InChI is InChI=1S/C13H19NO3/c15-8-10-1-5-13(6-2-10)17-9-12(16)7-14-11-3-4-11/h1-2,5-6,11-12,14-16H,3-4,7-9H2. The first-order valence-corrected chi connectivity index (χ1v) is 6.02. The number of hydrogen-bond acceptors (Lipinski definition) is 4. The summed E-state index contributed by atoms with van der Waals surface area (Å²) in [5.41, 5.74) is 0.855. The lowest BCUT2D eigenvalue weighted by Gasteiger charge is -2.13. The van der Waals surface area contributed by atoms with Gasteiger partial charge in [0.05, 0.1) is 6.61 Å². The van der Waals surface area contributed by atoms with Crippen LogP contribution in [0.25, 0.3) is 0 Å². The van der Waals surface area contributed by atoms with E-state index in [0.29, 0.717) is 18.3 Å². The molecule has 17 heavy (non-hydrogen) atoms. The van der Waals surface area contributed by atoms with Crippen molar-refractivity contribution in [2.24, 2.45) is 0 Å². The zero-order valence-electron chi connectivity index (χ0n) is 9.80. The highest BCUT2D eigenvalue weighted by atomic mass is 16.5. The third-order valence-corrected chi connectivity index (χ3v) is 2.77. The van der Waals surface area contributed by atoms with Crippen LogP contribution in [0.15, 0.2) is 24.3 Å². The number of benzene rings is 1. The summed E-state index contributed by atoms with van der Waals surface area (Å²) >= 11 is 0. The normalized spacial score (nSPS) is 16.8. The number of nitrogens with one attached hydrogen (secondary N) is 1. The molecule has 1 aliphatic carbocycles. The highest BCUT2D eigenvalue weighted by molar-refractivity contribution is 5.26. The van der Waals surface area contributed by atoms with Crippen LogP contribution in [-0.2, 0) is 6.61 Å². The minimum Gasteiger partial charge on any atom is -0.491 e. The third kappa shape index (κ3) is 4.34. The van der Waals surface area contributed by atoms with Crippen LogP contribution in [0.1, 0.15) is 18.4 Å². The van der Waals surface area contributed by atoms with Crippen LogP contribution in [0.4, 0.5) is 0 Å². The molecule has 3 N–H and O–H groups in total. The molecule has 94 valence electrons. The Morgan fingerprint density at radius 1 is 1.29 bits per heavy atom. The van der Waals surface area contributed by atoms with Gasteiger partial charge in [-0.25, -0.2) is 0 Å². The molecule has 2 rings (SSSR count). The molecule has 0 radical (unpaired) electrons. The molecule has 1 fully saturated rings. The van der Waals surface area contributed by atoms with Crippen molar-refractivity contribution in [1.82, 2.24) is 5.32 Å². The van der Waals surface area contributed by atoms with Gasteiger partial charge in [-0.3, -0.25) is 0 Å². The van der Waals surface area contributed by atoms with Gasteiger partial charge in [-0.1, -0.05) is 12.1 Å². The van der Waals surface area contributed by atoms with E-state index < -0.39 is 6.10 Å². The third-order valence-electron chi connectivity index (χ3n) is 2.77. The second kappa shape index (κ2) is 6.00. The Hall–Kier alpha value is -1.10. The van der Waals surface area contributed by atoms with Crippen molar-refractivity contribution in [1.29, 1.82) is 0 Å². The number of rotatable bonds is 7. The number of aliphatic hydroxyl groups excluding tert-OH is 2. The van der Waals surface area contributed by atoms with Gasteiger partial charge >= 0.3 is 0 Å². The van der Waals surface area contributed by atoms with Gasteiger partial charge in [-0.05, 0) is 30.5 Å². The molecular formula is C13H19NO3. The molecule has 0 amide bonds. The zero-order valence-corrected chi connectivity index (χ0v) is 9.80. The molecule has 4 nitrogen and oxygen atoms in total. The number of ether oxygens (including phenoxy) is 1. The van der Waals surface area contributed by atoms with Gasteiger partial charge in [-0.2, -0.15) is 0 Å². The van der Waals surface area contributed by atoms with E-state index in [4.69, 9.17) is 9.84 Å². The fourth-order valence-electron chi connectivity index (χ4n) is 1.53. The van der Waals surface area contributed by atoms with Crippen molar-refractivity contribution in [3.8, 4) is 5.75 Å². The van der Waals surface area contributed by atoms with E-state index in [9.17, 15) is 5.11 Å². The van der Waals surface area contributed by atoms with Crippen LogP contribution >= 0.6 is 0 Å². The molecule has 1 atom stereocenters. The maximum absolute atomic E-state index is 9.66. The fraction of sp³-hybridized carbons (Fsp3) is 0.538. The largest absolute Gasteiger partial charge is 0.491 e. The average molecular weight is 237 g/mol. The van der Waals surface area contributed by atoms with Crippen molar-refractivity contribution >= 4 is 0 Å². The SMILES string of the molecule is OCc1ccc(OCC(O)CNC2CC2)cc1. The van der Waals surface area contributed by atoms with Gasteiger partial charge in [0.15, 0.2) is 0 Å². The average Bonchev–Trinajstić information content (AvgIpc) is 3.18. The van der Waals surface area contributed by atoms with Gasteiger partial charge in [0, 0.05) is 12.6 Å². The topological polar surface area (TPSA) is 61.7 Å². The van der Waals surface area contributed by atoms with Gasteiger partial charge in [0.25, 0.3) is 0 Å². The predicted molar refractivity (Wildman–Crippen MR) is 64.9 cm³/mol. The van der Waals surface area contributed by atoms with Crippen molar-refractivity contribution in [2.75, 3.05) is 13.2 Å². The molecule has 0 heterocycles. The molecule has 1 saturated carbocycles. The fourth-order valence-corrected chi connectivity index (χ4v) is 1.53. The van der Waals surface area contributed by atoms with Crippen LogP contribution < -0.4 is 10.1 Å². The number of hydrogen-bond donors (Lipinski definition) is 3. The van der Waals surface area contributed by atoms with Crippen molar-refractivity contribution in [2.45, 2.75) is 31.6 Å². The first kappa shape index (κ1) is 12.4. The minimum absolute atomic E-state index is 0.0359. The quantitative estimate of drug-likeness (QED) is 0.652. The van der Waals surface area contributed by atoms with E-state index in [1.165, 1.54) is 12.8 Å². The van der Waals surface area contributed by atoms with Crippen molar-refractivity contribution < 1.29 is 14.9 Å². The maximum Gasteiger partial charge on any atom is 0.119 e. The molecule has 1 aromatic carbocycles. The van der Waals surface area contributed by atoms with E-state index >= 15 is 0 Å². The summed E-state index contributed by atoms with van der Waals surface area (Å²) in [7, 11) is 0. The lowest BCUT2D eigenvalue weighted by molar-refractivity contribution is 0.106. The summed E-state index contributed by atoms with van der Waals surface area (Å²) in [5, 5.41) is 21.8. The Kier molecular flexibility index (Phi) is 4.36. The molecule has 0 spiro atoms. The second-order valence-corrected chi connectivity index (χ2v) is 4.45. The molecule has 0 saturated heterocycles. The monoisotopic (exact) mass is 237 g/mol. The lowest BCUT2D eigenvalue weighted by Crippen LogP contribution is -2.32. The highest BCUT2D eigenvalue weighted by Gasteiger charge is 2.21. The van der Waals surface area contributed by atoms with Gasteiger partial charge < -0.3 is 20.3 Å². The first-order chi connectivity index (χ1) is 8.28. The predicted octanol–water partition coefficient (Wildman–Crippen LogP) is 0.671. The molecule has 0 bridgehead atoms. The molecule has 0 aromatic heterocycles. The summed E-state index contributed by atoms with van der Waals surface area (Å²) in [6.45, 7) is 0.909. The summed E-state index contributed by atoms with van der Waals surface area (Å²) in [4.78, 5) is 0. The summed E-state index contributed by atoms with van der Waals surface area (Å²) < 4.78 is 5.45. The van der Waals surface area contributed by atoms with E-state index in [-0.39, 0.29) is 13.2 Å². The second-order valence-electron chi connectivity index (χ2n) is 4.45. The Labute approximate surface area is 101 Å². The van der Waals surface area contributed by atoms with E-state index in [2.05, 4.69) is 5.32 Å². The van der Waals surface area contributed by atoms with Crippen LogP contribution in [0, 0.1) is 0 Å². The summed E-state index contributed by atoms with van der Waals surface area (Å²) in [6.07, 6.45) is 1.96. The van der Waals surface area contributed by atoms with Gasteiger partial charge in [-0.15, -0.1) is 0 Å². The Morgan fingerprint density at radius 3 is 2.59 bits per heavy atom. The van der Waals surface area contributed by atoms with Gasteiger partial charge in [0.2, 0.25) is 0 Å². The Balaban J connectivity index is 1.68. The number of aliphatic hydroxyl groups is 2. The van der Waals surface area contributed by atoms with Crippen LogP contribution in [0.2, 0.25) is 0 Å². The van der Waals surface area contributed by atoms with Crippen LogP contribution in [0.3, 0.4) is 0 Å². The smallest absolute Gasteiger partial charge is 0.119 e. The van der Waals surface area contributed by atoms with Gasteiger partial charge in [0.1, 0.15) is 18.5 Å². The van der Waals surface area contributed by atoms with E-state index in [1.807, 2.05) is 12.1 Å². The van der Waals surface area contributed by atoms with Crippen LogP contribution in [-0.4, -0.2) is 35.5 Å². The zero-order chi connectivity index (χ0) is 12.1. The molecule has 1 unspecified atom stereocenters. The van der Waals surface area contributed by atoms with Crippen molar-refractivity contribution in [3.05, 3.63) is 29.8 Å². The lowest BCUT2D eigenvalue weighted by atomic mass is 10.2. The Morgan fingerprint density at radius 2 is 2.00 bits per heavy atom. The summed E-state index contributed by atoms with van der Waals surface area (Å²) in [6, 6.07) is 7.82. The maximum atomic E-state index is 9.66. The van der Waals surface area contributed by atoms with E-state index in [0.717, 1.165) is 5.56 Å². The van der Waals surface area contributed by atoms with E-state index in [1.54, 1.807) is 12.1 Å². The highest BCUT2D eigenvalue weighted by Crippen LogP contribution is 2.18.